The van der Waals surface area contributed by atoms with Crippen LogP contribution in [0.5, 0.6) is 0 Å². The molecule has 0 aliphatic carbocycles. The molecular formula is C26H22ClN3O2S. The van der Waals surface area contributed by atoms with Gasteiger partial charge in [-0.2, -0.15) is 0 Å². The Balaban J connectivity index is 0.00000259. The molecule has 5 nitrogen and oxygen atoms in total. The summed E-state index contributed by atoms with van der Waals surface area (Å²) in [6.07, 6.45) is 5.65. The maximum atomic E-state index is 14.1. The molecule has 0 fully saturated rings. The van der Waals surface area contributed by atoms with Crippen LogP contribution >= 0.6 is 23.4 Å². The smallest absolute Gasteiger partial charge is 0.261 e. The van der Waals surface area contributed by atoms with E-state index in [2.05, 4.69) is 11.1 Å². The number of thioether (sulfide) groups is 1. The van der Waals surface area contributed by atoms with Crippen molar-refractivity contribution in [2.45, 2.75) is 11.8 Å². The number of aromatic nitrogens is 3. The molecule has 0 radical (unpaired) electrons. The van der Waals surface area contributed by atoms with Gasteiger partial charge in [0, 0.05) is 28.4 Å². The molecule has 2 N–H and O–H groups in total. The monoisotopic (exact) mass is 475 g/mol. The van der Waals surface area contributed by atoms with Gasteiger partial charge in [-0.3, -0.25) is 9.36 Å². The average Bonchev–Trinajstić information content (AvgIpc) is 3.29. The normalized spacial score (nSPS) is 10.8. The summed E-state index contributed by atoms with van der Waals surface area (Å²) in [5, 5.41) is 2.52. The first-order chi connectivity index (χ1) is 15.7. The minimum absolute atomic E-state index is 0. The van der Waals surface area contributed by atoms with E-state index in [4.69, 9.17) is 11.6 Å². The van der Waals surface area contributed by atoms with E-state index in [0.29, 0.717) is 17.3 Å². The minimum Gasteiger partial charge on any atom is -0.412 e. The molecule has 0 aliphatic rings. The number of hydrogen-bond acceptors (Lipinski definition) is 3. The molecule has 0 amide bonds. The fourth-order valence-electron chi connectivity index (χ4n) is 4.08. The summed E-state index contributed by atoms with van der Waals surface area (Å²) in [5.41, 5.74) is 4.28. The molecule has 2 heterocycles. The zero-order chi connectivity index (χ0) is 22.1. The molecule has 0 bridgehead atoms. The van der Waals surface area contributed by atoms with Gasteiger partial charge in [-0.25, -0.2) is 4.98 Å². The van der Waals surface area contributed by atoms with Crippen molar-refractivity contribution in [3.05, 3.63) is 107 Å². The van der Waals surface area contributed by atoms with Crippen molar-refractivity contribution in [1.82, 2.24) is 14.1 Å². The van der Waals surface area contributed by atoms with Crippen LogP contribution in [0.25, 0.3) is 33.2 Å². The molecule has 166 valence electrons. The van der Waals surface area contributed by atoms with Gasteiger partial charge in [0.05, 0.1) is 11.1 Å². The molecule has 5 aromatic rings. The van der Waals surface area contributed by atoms with Gasteiger partial charge in [-0.1, -0.05) is 84.0 Å². The van der Waals surface area contributed by atoms with Crippen LogP contribution in [0.4, 0.5) is 0 Å². The Labute approximate surface area is 200 Å². The van der Waals surface area contributed by atoms with E-state index < -0.39 is 0 Å². The van der Waals surface area contributed by atoms with Gasteiger partial charge in [0.2, 0.25) is 0 Å². The number of nitrogens with zero attached hydrogens (tertiary/aromatic N) is 3. The van der Waals surface area contributed by atoms with Crippen LogP contribution in [0.1, 0.15) is 0 Å². The van der Waals surface area contributed by atoms with E-state index in [0.717, 1.165) is 32.7 Å². The van der Waals surface area contributed by atoms with Crippen LogP contribution in [0.3, 0.4) is 0 Å². The number of pyridine rings is 1. The summed E-state index contributed by atoms with van der Waals surface area (Å²) in [6, 6.07) is 25.6. The van der Waals surface area contributed by atoms with Gasteiger partial charge in [0.15, 0.2) is 5.16 Å². The van der Waals surface area contributed by atoms with Crippen LogP contribution in [0.15, 0.2) is 101 Å². The lowest BCUT2D eigenvalue weighted by atomic mass is 9.92. The summed E-state index contributed by atoms with van der Waals surface area (Å²) < 4.78 is 3.82. The second kappa shape index (κ2) is 9.67. The Bertz CT molecular complexity index is 1460. The van der Waals surface area contributed by atoms with Crippen LogP contribution in [-0.2, 0) is 6.67 Å². The molecule has 0 aliphatic heterocycles. The molecule has 0 saturated heterocycles. The minimum atomic E-state index is -0.0503. The summed E-state index contributed by atoms with van der Waals surface area (Å²) >= 11 is 7.71. The maximum Gasteiger partial charge on any atom is 0.261 e. The summed E-state index contributed by atoms with van der Waals surface area (Å²) in [7, 11) is 0. The summed E-state index contributed by atoms with van der Waals surface area (Å²) in [5.74, 6) is 0. The Kier molecular flexibility index (Phi) is 6.70. The third-order valence-electron chi connectivity index (χ3n) is 5.52. The lowest BCUT2D eigenvalue weighted by Crippen LogP contribution is -2.26. The van der Waals surface area contributed by atoms with Gasteiger partial charge in [-0.05, 0) is 35.6 Å². The summed E-state index contributed by atoms with van der Waals surface area (Å²) in [6.45, 7) is 0.380. The molecule has 5 rings (SSSR count). The predicted octanol–water partition coefficient (Wildman–Crippen LogP) is 5.59. The van der Waals surface area contributed by atoms with E-state index in [9.17, 15) is 4.79 Å². The molecule has 0 spiro atoms. The molecule has 0 saturated carbocycles. The Morgan fingerprint density at radius 1 is 0.879 bits per heavy atom. The first kappa shape index (κ1) is 22.9. The van der Waals surface area contributed by atoms with E-state index in [1.807, 2.05) is 94.4 Å². The van der Waals surface area contributed by atoms with Gasteiger partial charge in [0.1, 0.15) is 6.67 Å². The molecule has 2 aromatic heterocycles. The van der Waals surface area contributed by atoms with Crippen LogP contribution in [0.2, 0.25) is 5.02 Å². The number of rotatable bonds is 5. The van der Waals surface area contributed by atoms with Crippen molar-refractivity contribution in [2.75, 3.05) is 6.26 Å². The first-order valence-corrected chi connectivity index (χ1v) is 11.8. The maximum absolute atomic E-state index is 14.1. The van der Waals surface area contributed by atoms with Crippen LogP contribution in [-0.4, -0.2) is 25.9 Å². The number of hydrogen-bond donors (Lipinski definition) is 0. The van der Waals surface area contributed by atoms with Crippen molar-refractivity contribution in [3.8, 4) is 22.3 Å². The molecule has 33 heavy (non-hydrogen) atoms. The van der Waals surface area contributed by atoms with Gasteiger partial charge in [-0.15, -0.1) is 0 Å². The van der Waals surface area contributed by atoms with E-state index in [1.165, 1.54) is 0 Å². The number of imidazole rings is 1. The highest BCUT2D eigenvalue weighted by molar-refractivity contribution is 7.98. The highest BCUT2D eigenvalue weighted by Crippen LogP contribution is 2.36. The highest BCUT2D eigenvalue weighted by atomic mass is 35.5. The molecule has 0 unspecified atom stereocenters. The quantitative estimate of drug-likeness (QED) is 0.311. The molecule has 3 aromatic carbocycles. The second-order valence-corrected chi connectivity index (χ2v) is 8.61. The van der Waals surface area contributed by atoms with Crippen LogP contribution in [0, 0.1) is 0 Å². The fourth-order valence-corrected chi connectivity index (χ4v) is 4.73. The fraction of sp³-hybridized carbons (Fsp3) is 0.0769. The first-order valence-electron chi connectivity index (χ1n) is 10.2. The molecular weight excluding hydrogens is 454 g/mol. The number of benzene rings is 3. The van der Waals surface area contributed by atoms with E-state index >= 15 is 0 Å². The third kappa shape index (κ3) is 4.20. The zero-order valence-electron chi connectivity index (χ0n) is 17.9. The zero-order valence-corrected chi connectivity index (χ0v) is 19.5. The van der Waals surface area contributed by atoms with Crippen molar-refractivity contribution in [2.24, 2.45) is 0 Å². The van der Waals surface area contributed by atoms with Crippen molar-refractivity contribution < 1.29 is 5.48 Å². The van der Waals surface area contributed by atoms with Crippen molar-refractivity contribution in [3.63, 3.8) is 0 Å². The standard InChI is InChI=1S/C26H20ClN3OS.H2O/c1-32-26-28-15-16-29(26)17-30-22-10-6-5-9-21(22)23(18-7-3-2-4-8-18)24(25(30)31)19-11-13-20(27)14-12-19;/h2-16H,17H2,1H3;1H2. The lowest BCUT2D eigenvalue weighted by molar-refractivity contribution is 0.565. The molecule has 0 atom stereocenters. The SMILES string of the molecule is CSc1nccn1Cn1c(=O)c(-c2ccc(Cl)cc2)c(-c2ccccc2)c2ccccc21.O. The topological polar surface area (TPSA) is 71.3 Å². The van der Waals surface area contributed by atoms with Gasteiger partial charge in [0.25, 0.3) is 5.56 Å². The Morgan fingerprint density at radius 3 is 2.27 bits per heavy atom. The van der Waals surface area contributed by atoms with Gasteiger partial charge < -0.3 is 10.0 Å². The number of fused-ring (bicyclic) bond motifs is 1. The highest BCUT2D eigenvalue weighted by Gasteiger charge is 2.20. The predicted molar refractivity (Wildman–Crippen MR) is 137 cm³/mol. The summed E-state index contributed by atoms with van der Waals surface area (Å²) in [4.78, 5) is 18.5. The Hall–Kier alpha value is -3.32. The second-order valence-electron chi connectivity index (χ2n) is 7.40. The van der Waals surface area contributed by atoms with Crippen LogP contribution < -0.4 is 5.56 Å². The third-order valence-corrected chi connectivity index (χ3v) is 6.48. The largest absolute Gasteiger partial charge is 0.412 e. The average molecular weight is 476 g/mol. The van der Waals surface area contributed by atoms with Crippen molar-refractivity contribution in [1.29, 1.82) is 0 Å². The molecule has 7 heteroatoms. The number of halogens is 1. The number of para-hydroxylation sites is 1. The van der Waals surface area contributed by atoms with Gasteiger partial charge >= 0.3 is 0 Å². The van der Waals surface area contributed by atoms with Crippen molar-refractivity contribution >= 4 is 34.3 Å². The Morgan fingerprint density at radius 2 is 1.55 bits per heavy atom. The van der Waals surface area contributed by atoms with E-state index in [-0.39, 0.29) is 11.0 Å². The van der Waals surface area contributed by atoms with E-state index in [1.54, 1.807) is 18.0 Å². The lowest BCUT2D eigenvalue weighted by Gasteiger charge is -2.19.